The summed E-state index contributed by atoms with van der Waals surface area (Å²) in [7, 11) is 1.82. The van der Waals surface area contributed by atoms with Crippen molar-refractivity contribution in [3.05, 3.63) is 64.6 Å². The van der Waals surface area contributed by atoms with Gasteiger partial charge in [-0.15, -0.1) is 0 Å². The molecular formula is C21H24BrN3O2. The minimum absolute atomic E-state index is 0.0647. The molecule has 2 amide bonds. The predicted molar refractivity (Wildman–Crippen MR) is 110 cm³/mol. The molecule has 0 spiro atoms. The number of nitrogens with zero attached hydrogens (tertiary/aromatic N) is 2. The van der Waals surface area contributed by atoms with Gasteiger partial charge in [-0.05, 0) is 53.5 Å². The standard InChI is InChI=1S/C21H24BrN3O2/c1-24(15-19(26)23-18-12-6-5-11-17(18)22)20(16-9-3-2-4-10-16)21(27)25-13-7-8-14-25/h2-6,9-12,20H,7-8,13-15H2,1H3,(H,23,26). The highest BCUT2D eigenvalue weighted by Gasteiger charge is 2.31. The zero-order valence-electron chi connectivity index (χ0n) is 15.4. The van der Waals surface area contributed by atoms with E-state index in [0.717, 1.165) is 41.7 Å². The van der Waals surface area contributed by atoms with Crippen molar-refractivity contribution >= 4 is 33.4 Å². The lowest BCUT2D eigenvalue weighted by molar-refractivity contribution is -0.136. The third-order valence-electron chi connectivity index (χ3n) is 4.75. The number of hydrogen-bond donors (Lipinski definition) is 1. The molecule has 0 bridgehead atoms. The average molecular weight is 430 g/mol. The van der Waals surface area contributed by atoms with Crippen molar-refractivity contribution in [2.75, 3.05) is 32.0 Å². The van der Waals surface area contributed by atoms with E-state index in [4.69, 9.17) is 0 Å². The van der Waals surface area contributed by atoms with Crippen molar-refractivity contribution in [2.24, 2.45) is 0 Å². The summed E-state index contributed by atoms with van der Waals surface area (Å²) in [5.41, 5.74) is 1.63. The fourth-order valence-corrected chi connectivity index (χ4v) is 3.79. The van der Waals surface area contributed by atoms with Crippen LogP contribution in [-0.4, -0.2) is 48.3 Å². The molecule has 1 heterocycles. The zero-order valence-corrected chi connectivity index (χ0v) is 17.0. The fourth-order valence-electron chi connectivity index (χ4n) is 3.40. The van der Waals surface area contributed by atoms with Crippen LogP contribution in [0.2, 0.25) is 0 Å². The minimum atomic E-state index is -0.464. The molecule has 1 fully saturated rings. The number of carbonyl (C=O) groups excluding carboxylic acids is 2. The van der Waals surface area contributed by atoms with Crippen molar-refractivity contribution in [2.45, 2.75) is 18.9 Å². The first-order valence-corrected chi connectivity index (χ1v) is 9.94. The molecule has 0 aliphatic carbocycles. The number of likely N-dealkylation sites (N-methyl/N-ethyl adjacent to an activating group) is 1. The number of halogens is 1. The van der Waals surface area contributed by atoms with Gasteiger partial charge in [-0.3, -0.25) is 14.5 Å². The summed E-state index contributed by atoms with van der Waals surface area (Å²) in [6, 6.07) is 16.7. The Morgan fingerprint density at radius 2 is 1.70 bits per heavy atom. The molecule has 1 aliphatic heterocycles. The molecule has 0 radical (unpaired) electrons. The second kappa shape index (κ2) is 9.15. The third kappa shape index (κ3) is 4.96. The van der Waals surface area contributed by atoms with Crippen LogP contribution in [-0.2, 0) is 9.59 Å². The monoisotopic (exact) mass is 429 g/mol. The Balaban J connectivity index is 1.74. The molecule has 2 aromatic rings. The Bertz CT molecular complexity index is 791. The van der Waals surface area contributed by atoms with E-state index in [1.54, 1.807) is 0 Å². The summed E-state index contributed by atoms with van der Waals surface area (Å²) in [6.07, 6.45) is 2.08. The van der Waals surface area contributed by atoms with Crippen LogP contribution >= 0.6 is 15.9 Å². The van der Waals surface area contributed by atoms with Crippen molar-refractivity contribution in [3.63, 3.8) is 0 Å². The molecule has 3 rings (SSSR count). The molecular weight excluding hydrogens is 406 g/mol. The van der Waals surface area contributed by atoms with E-state index in [1.807, 2.05) is 71.4 Å². The van der Waals surface area contributed by atoms with Gasteiger partial charge in [-0.1, -0.05) is 42.5 Å². The maximum absolute atomic E-state index is 13.1. The number of rotatable bonds is 6. The van der Waals surface area contributed by atoms with E-state index in [0.29, 0.717) is 0 Å². The minimum Gasteiger partial charge on any atom is -0.341 e. The maximum atomic E-state index is 13.1. The van der Waals surface area contributed by atoms with Crippen LogP contribution in [0.5, 0.6) is 0 Å². The highest BCUT2D eigenvalue weighted by Crippen LogP contribution is 2.25. The van der Waals surface area contributed by atoms with Crippen LogP contribution in [0, 0.1) is 0 Å². The Hall–Kier alpha value is -2.18. The topological polar surface area (TPSA) is 52.7 Å². The van der Waals surface area contributed by atoms with Gasteiger partial charge in [-0.2, -0.15) is 0 Å². The zero-order chi connectivity index (χ0) is 19.2. The van der Waals surface area contributed by atoms with Crippen molar-refractivity contribution in [3.8, 4) is 0 Å². The SMILES string of the molecule is CN(CC(=O)Nc1ccccc1Br)C(C(=O)N1CCCC1)c1ccccc1. The number of carbonyl (C=O) groups is 2. The van der Waals surface area contributed by atoms with Gasteiger partial charge < -0.3 is 10.2 Å². The van der Waals surface area contributed by atoms with Gasteiger partial charge in [0.05, 0.1) is 12.2 Å². The molecule has 0 saturated carbocycles. The highest BCUT2D eigenvalue weighted by atomic mass is 79.9. The van der Waals surface area contributed by atoms with E-state index >= 15 is 0 Å². The maximum Gasteiger partial charge on any atom is 0.244 e. The molecule has 1 atom stereocenters. The summed E-state index contributed by atoms with van der Waals surface area (Å²) >= 11 is 3.44. The van der Waals surface area contributed by atoms with Crippen LogP contribution in [0.3, 0.4) is 0 Å². The third-order valence-corrected chi connectivity index (χ3v) is 5.44. The molecule has 1 aliphatic rings. The second-order valence-corrected chi connectivity index (χ2v) is 7.64. The molecule has 6 heteroatoms. The smallest absolute Gasteiger partial charge is 0.244 e. The van der Waals surface area contributed by atoms with Crippen LogP contribution in [0.4, 0.5) is 5.69 Å². The van der Waals surface area contributed by atoms with Crippen molar-refractivity contribution in [1.29, 1.82) is 0 Å². The largest absolute Gasteiger partial charge is 0.341 e. The summed E-state index contributed by atoms with van der Waals surface area (Å²) in [5.74, 6) is -0.0885. The van der Waals surface area contributed by atoms with Crippen LogP contribution < -0.4 is 5.32 Å². The quantitative estimate of drug-likeness (QED) is 0.761. The molecule has 142 valence electrons. The molecule has 2 aromatic carbocycles. The highest BCUT2D eigenvalue weighted by molar-refractivity contribution is 9.10. The van der Waals surface area contributed by atoms with E-state index in [2.05, 4.69) is 21.2 Å². The second-order valence-electron chi connectivity index (χ2n) is 6.79. The number of para-hydroxylation sites is 1. The Morgan fingerprint density at radius 3 is 2.37 bits per heavy atom. The first kappa shape index (κ1) is 19.6. The number of nitrogens with one attached hydrogen (secondary N) is 1. The molecule has 1 unspecified atom stereocenters. The van der Waals surface area contributed by atoms with Gasteiger partial charge in [0.15, 0.2) is 0 Å². The number of amides is 2. The van der Waals surface area contributed by atoms with Crippen molar-refractivity contribution < 1.29 is 9.59 Å². The molecule has 27 heavy (non-hydrogen) atoms. The van der Waals surface area contributed by atoms with Crippen LogP contribution in [0.15, 0.2) is 59.1 Å². The number of anilines is 1. The van der Waals surface area contributed by atoms with Crippen molar-refractivity contribution in [1.82, 2.24) is 9.80 Å². The van der Waals surface area contributed by atoms with E-state index < -0.39 is 6.04 Å². The Kier molecular flexibility index (Phi) is 6.63. The fraction of sp³-hybridized carbons (Fsp3) is 0.333. The molecule has 0 aromatic heterocycles. The lowest BCUT2D eigenvalue weighted by Crippen LogP contribution is -2.43. The normalized spacial score (nSPS) is 15.0. The van der Waals surface area contributed by atoms with E-state index in [1.165, 1.54) is 0 Å². The molecule has 1 N–H and O–H groups in total. The Morgan fingerprint density at radius 1 is 1.07 bits per heavy atom. The lowest BCUT2D eigenvalue weighted by atomic mass is 10.0. The number of hydrogen-bond acceptors (Lipinski definition) is 3. The van der Waals surface area contributed by atoms with Gasteiger partial charge in [-0.25, -0.2) is 0 Å². The molecule has 5 nitrogen and oxygen atoms in total. The predicted octanol–water partition coefficient (Wildman–Crippen LogP) is 3.68. The summed E-state index contributed by atoms with van der Waals surface area (Å²) in [4.78, 5) is 29.4. The van der Waals surface area contributed by atoms with E-state index in [9.17, 15) is 9.59 Å². The van der Waals surface area contributed by atoms with Crippen LogP contribution in [0.1, 0.15) is 24.4 Å². The Labute approximate surface area is 168 Å². The van der Waals surface area contributed by atoms with Gasteiger partial charge in [0, 0.05) is 17.6 Å². The molecule has 1 saturated heterocycles. The van der Waals surface area contributed by atoms with Gasteiger partial charge >= 0.3 is 0 Å². The van der Waals surface area contributed by atoms with Crippen LogP contribution in [0.25, 0.3) is 0 Å². The van der Waals surface area contributed by atoms with Gasteiger partial charge in [0.25, 0.3) is 0 Å². The number of benzene rings is 2. The van der Waals surface area contributed by atoms with Gasteiger partial charge in [0.2, 0.25) is 11.8 Å². The first-order valence-electron chi connectivity index (χ1n) is 9.14. The lowest BCUT2D eigenvalue weighted by Gasteiger charge is -2.30. The summed E-state index contributed by atoms with van der Waals surface area (Å²) in [5, 5.41) is 2.90. The first-order chi connectivity index (χ1) is 13.1. The van der Waals surface area contributed by atoms with E-state index in [-0.39, 0.29) is 18.4 Å². The summed E-state index contributed by atoms with van der Waals surface area (Å²) < 4.78 is 0.828. The summed E-state index contributed by atoms with van der Waals surface area (Å²) in [6.45, 7) is 1.71. The number of likely N-dealkylation sites (tertiary alicyclic amines) is 1. The van der Waals surface area contributed by atoms with Gasteiger partial charge in [0.1, 0.15) is 6.04 Å². The average Bonchev–Trinajstić information content (AvgIpc) is 3.19.